The van der Waals surface area contributed by atoms with Crippen molar-refractivity contribution in [2.75, 3.05) is 26.6 Å². The Morgan fingerprint density at radius 1 is 0.968 bits per heavy atom. The number of Topliss-reactive ketones (excluding diaryl/α,β-unsaturated/α-hetero) is 1. The number of ether oxygens (including phenoxy) is 3. The average Bonchev–Trinajstić information content (AvgIpc) is 2.79. The Kier molecular flexibility index (Phi) is 5.75. The second-order valence-electron chi connectivity index (χ2n) is 7.53. The number of anilines is 2. The molecule has 0 saturated heterocycles. The quantitative estimate of drug-likeness (QED) is 0.631. The van der Waals surface area contributed by atoms with E-state index in [0.29, 0.717) is 41.6 Å². The van der Waals surface area contributed by atoms with Crippen LogP contribution in [0.5, 0.6) is 17.2 Å². The lowest BCUT2D eigenvalue weighted by Crippen LogP contribution is -2.21. The number of nitrogens with zero attached hydrogens (tertiary/aromatic N) is 2. The molecule has 31 heavy (non-hydrogen) atoms. The molecule has 2 aromatic carbocycles. The molecule has 3 aromatic rings. The smallest absolute Gasteiger partial charge is 0.227 e. The van der Waals surface area contributed by atoms with Gasteiger partial charge in [0.15, 0.2) is 17.3 Å². The van der Waals surface area contributed by atoms with Crippen molar-refractivity contribution in [2.45, 2.75) is 25.7 Å². The van der Waals surface area contributed by atoms with Crippen LogP contribution in [0.3, 0.4) is 0 Å². The number of carbonyl (C=O) groups excluding carboxylic acids is 1. The number of aryl methyl sites for hydroxylation is 1. The highest BCUT2D eigenvalue weighted by Gasteiger charge is 2.29. The summed E-state index contributed by atoms with van der Waals surface area (Å²) in [5, 5.41) is 3.21. The van der Waals surface area contributed by atoms with Crippen LogP contribution >= 0.6 is 0 Å². The lowest BCUT2D eigenvalue weighted by molar-refractivity contribution is 0.0962. The van der Waals surface area contributed by atoms with Crippen LogP contribution in [0.25, 0.3) is 0 Å². The van der Waals surface area contributed by atoms with Gasteiger partial charge in [-0.05, 0) is 49.1 Å². The zero-order valence-corrected chi connectivity index (χ0v) is 18.1. The Bertz CT molecular complexity index is 1090. The molecule has 1 aliphatic rings. The number of aromatic nitrogens is 2. The number of hydrogen-bond donors (Lipinski definition) is 1. The number of carbonyl (C=O) groups is 1. The van der Waals surface area contributed by atoms with Crippen molar-refractivity contribution in [3.8, 4) is 17.2 Å². The molecule has 0 amide bonds. The number of benzene rings is 2. The molecule has 0 saturated carbocycles. The van der Waals surface area contributed by atoms with Crippen LogP contribution in [0.4, 0.5) is 11.6 Å². The van der Waals surface area contributed by atoms with Gasteiger partial charge < -0.3 is 19.5 Å². The molecule has 1 atom stereocenters. The molecule has 1 heterocycles. The van der Waals surface area contributed by atoms with Gasteiger partial charge in [-0.25, -0.2) is 9.97 Å². The van der Waals surface area contributed by atoms with Gasteiger partial charge in [-0.2, -0.15) is 0 Å². The molecule has 1 aliphatic carbocycles. The van der Waals surface area contributed by atoms with Crippen molar-refractivity contribution >= 4 is 17.4 Å². The molecule has 7 heteroatoms. The van der Waals surface area contributed by atoms with E-state index >= 15 is 0 Å². The van der Waals surface area contributed by atoms with Crippen molar-refractivity contribution in [3.63, 3.8) is 0 Å². The van der Waals surface area contributed by atoms with Gasteiger partial charge in [0.05, 0.1) is 32.6 Å². The highest BCUT2D eigenvalue weighted by Crippen LogP contribution is 2.42. The molecule has 0 spiro atoms. The SMILES string of the molecule is COc1cc(C2CC(=O)c3cnc(Nc4ccc(C)cc4)nc3C2)cc(OC)c1OC. The van der Waals surface area contributed by atoms with Crippen LogP contribution in [0.15, 0.2) is 42.6 Å². The van der Waals surface area contributed by atoms with E-state index in [0.717, 1.165) is 16.9 Å². The third-order valence-corrected chi connectivity index (χ3v) is 5.51. The van der Waals surface area contributed by atoms with E-state index in [4.69, 9.17) is 14.2 Å². The predicted octanol–water partition coefficient (Wildman–Crippen LogP) is 4.47. The van der Waals surface area contributed by atoms with Crippen molar-refractivity contribution in [2.24, 2.45) is 0 Å². The van der Waals surface area contributed by atoms with E-state index in [1.807, 2.05) is 43.3 Å². The molecule has 4 rings (SSSR count). The molecule has 0 fully saturated rings. The fourth-order valence-electron chi connectivity index (χ4n) is 3.84. The van der Waals surface area contributed by atoms with Crippen LogP contribution in [0.2, 0.25) is 0 Å². The molecule has 0 bridgehead atoms. The molecular formula is C24H25N3O4. The summed E-state index contributed by atoms with van der Waals surface area (Å²) in [6.45, 7) is 2.04. The zero-order valence-electron chi connectivity index (χ0n) is 18.1. The number of methoxy groups -OCH3 is 3. The monoisotopic (exact) mass is 419 g/mol. The Morgan fingerprint density at radius 2 is 1.65 bits per heavy atom. The van der Waals surface area contributed by atoms with E-state index in [2.05, 4.69) is 15.3 Å². The Hall–Kier alpha value is -3.61. The van der Waals surface area contributed by atoms with Gasteiger partial charge in [-0.3, -0.25) is 4.79 Å². The van der Waals surface area contributed by atoms with Gasteiger partial charge in [0, 0.05) is 18.3 Å². The van der Waals surface area contributed by atoms with Gasteiger partial charge in [0.1, 0.15) is 0 Å². The third kappa shape index (κ3) is 4.17. The molecule has 1 N–H and O–H groups in total. The number of rotatable bonds is 6. The van der Waals surface area contributed by atoms with Gasteiger partial charge >= 0.3 is 0 Å². The minimum Gasteiger partial charge on any atom is -0.493 e. The second kappa shape index (κ2) is 8.63. The standard InChI is InChI=1S/C24H25N3O4/c1-14-5-7-17(8-6-14)26-24-25-13-18-19(27-24)9-15(10-20(18)28)16-11-21(29-2)23(31-4)22(12-16)30-3/h5-8,11-13,15H,9-10H2,1-4H3,(H,25,26,27). The summed E-state index contributed by atoms with van der Waals surface area (Å²) in [5.41, 5.74) is 4.34. The van der Waals surface area contributed by atoms with E-state index in [1.165, 1.54) is 5.56 Å². The first-order valence-corrected chi connectivity index (χ1v) is 10.0. The maximum Gasteiger partial charge on any atom is 0.227 e. The van der Waals surface area contributed by atoms with E-state index in [-0.39, 0.29) is 11.7 Å². The first-order valence-electron chi connectivity index (χ1n) is 10.0. The predicted molar refractivity (Wildman–Crippen MR) is 118 cm³/mol. The normalized spacial score (nSPS) is 15.2. The summed E-state index contributed by atoms with van der Waals surface area (Å²) < 4.78 is 16.4. The molecule has 7 nitrogen and oxygen atoms in total. The summed E-state index contributed by atoms with van der Waals surface area (Å²) in [7, 11) is 4.73. The third-order valence-electron chi connectivity index (χ3n) is 5.51. The van der Waals surface area contributed by atoms with Crippen LogP contribution in [0, 0.1) is 6.92 Å². The summed E-state index contributed by atoms with van der Waals surface area (Å²) >= 11 is 0. The Labute approximate surface area is 181 Å². The van der Waals surface area contributed by atoms with Crippen molar-refractivity contribution in [1.82, 2.24) is 9.97 Å². The van der Waals surface area contributed by atoms with Crippen molar-refractivity contribution in [3.05, 3.63) is 65.0 Å². The lowest BCUT2D eigenvalue weighted by Gasteiger charge is -2.24. The largest absolute Gasteiger partial charge is 0.493 e. The number of ketones is 1. The summed E-state index contributed by atoms with van der Waals surface area (Å²) in [6, 6.07) is 11.8. The molecular weight excluding hydrogens is 394 g/mol. The van der Waals surface area contributed by atoms with E-state index in [9.17, 15) is 4.79 Å². The maximum absolute atomic E-state index is 12.8. The van der Waals surface area contributed by atoms with Crippen LogP contribution < -0.4 is 19.5 Å². The molecule has 160 valence electrons. The van der Waals surface area contributed by atoms with Gasteiger partial charge in [0.2, 0.25) is 11.7 Å². The minimum absolute atomic E-state index is 0.0295. The Balaban J connectivity index is 1.64. The molecule has 0 radical (unpaired) electrons. The first-order chi connectivity index (χ1) is 15.0. The fraction of sp³-hybridized carbons (Fsp3) is 0.292. The topological polar surface area (TPSA) is 82.6 Å². The summed E-state index contributed by atoms with van der Waals surface area (Å²) in [6.07, 6.45) is 2.61. The van der Waals surface area contributed by atoms with Crippen molar-refractivity contribution in [1.29, 1.82) is 0 Å². The van der Waals surface area contributed by atoms with E-state index < -0.39 is 0 Å². The lowest BCUT2D eigenvalue weighted by atomic mass is 9.82. The highest BCUT2D eigenvalue weighted by atomic mass is 16.5. The number of hydrogen-bond acceptors (Lipinski definition) is 7. The second-order valence-corrected chi connectivity index (χ2v) is 7.53. The minimum atomic E-state index is -0.0455. The van der Waals surface area contributed by atoms with Gasteiger partial charge in [0.25, 0.3) is 0 Å². The Morgan fingerprint density at radius 3 is 2.26 bits per heavy atom. The van der Waals surface area contributed by atoms with Crippen LogP contribution in [-0.2, 0) is 6.42 Å². The molecule has 1 aromatic heterocycles. The van der Waals surface area contributed by atoms with Gasteiger partial charge in [-0.15, -0.1) is 0 Å². The number of nitrogens with one attached hydrogen (secondary N) is 1. The fourth-order valence-corrected chi connectivity index (χ4v) is 3.84. The summed E-state index contributed by atoms with van der Waals surface area (Å²) in [4.78, 5) is 21.8. The first kappa shape index (κ1) is 20.7. The molecule has 0 aliphatic heterocycles. The zero-order chi connectivity index (χ0) is 22.0. The summed E-state index contributed by atoms with van der Waals surface area (Å²) in [5.74, 6) is 2.13. The average molecular weight is 419 g/mol. The van der Waals surface area contributed by atoms with Gasteiger partial charge in [-0.1, -0.05) is 17.7 Å². The molecule has 1 unspecified atom stereocenters. The maximum atomic E-state index is 12.8. The highest BCUT2D eigenvalue weighted by molar-refractivity contribution is 5.98. The van der Waals surface area contributed by atoms with E-state index in [1.54, 1.807) is 27.5 Å². The van der Waals surface area contributed by atoms with Crippen LogP contribution in [0.1, 0.15) is 39.5 Å². The number of fused-ring (bicyclic) bond motifs is 1. The van der Waals surface area contributed by atoms with Crippen LogP contribution in [-0.4, -0.2) is 37.1 Å². The van der Waals surface area contributed by atoms with Crippen molar-refractivity contribution < 1.29 is 19.0 Å².